The Bertz CT molecular complexity index is 813. The molecule has 0 saturated carbocycles. The summed E-state index contributed by atoms with van der Waals surface area (Å²) in [5.41, 5.74) is 0.614. The van der Waals surface area contributed by atoms with Crippen molar-refractivity contribution in [3.05, 3.63) is 40.6 Å². The molecule has 0 bridgehead atoms. The molecule has 0 atom stereocenters. The molecule has 0 aromatic heterocycles. The molecule has 2 aliphatic rings. The Balaban J connectivity index is 1.51. The molecule has 2 aliphatic heterocycles. The molecule has 7 nitrogen and oxygen atoms in total. The summed E-state index contributed by atoms with van der Waals surface area (Å²) in [5, 5.41) is 2.06. The van der Waals surface area contributed by atoms with E-state index in [1.807, 2.05) is 0 Å². The number of rotatable bonds is 6. The number of thioether (sulfide) groups is 2. The Hall–Kier alpha value is -2.33. The van der Waals surface area contributed by atoms with Gasteiger partial charge in [0.2, 0.25) is 5.91 Å². The van der Waals surface area contributed by atoms with E-state index < -0.39 is 11.1 Å². The number of nitrogens with zero attached hydrogens (tertiary/aromatic N) is 2. The summed E-state index contributed by atoms with van der Waals surface area (Å²) < 4.78 is 12.9. The van der Waals surface area contributed by atoms with Crippen molar-refractivity contribution in [1.82, 2.24) is 15.1 Å². The van der Waals surface area contributed by atoms with E-state index in [4.69, 9.17) is 0 Å². The van der Waals surface area contributed by atoms with Gasteiger partial charge in [-0.2, -0.15) is 0 Å². The normalized spacial score (nSPS) is 18.7. The number of carbonyl (C=O) groups excluding carboxylic acids is 4. The quantitative estimate of drug-likeness (QED) is 0.725. The van der Waals surface area contributed by atoms with Crippen molar-refractivity contribution in [3.63, 3.8) is 0 Å². The summed E-state index contributed by atoms with van der Waals surface area (Å²) in [6.07, 6.45) is 1.53. The first kappa shape index (κ1) is 19.4. The summed E-state index contributed by atoms with van der Waals surface area (Å²) in [4.78, 5) is 50.5. The van der Waals surface area contributed by atoms with Crippen molar-refractivity contribution < 1.29 is 23.6 Å². The Morgan fingerprint density at radius 3 is 2.59 bits per heavy atom. The largest absolute Gasteiger partial charge is 0.353 e. The maximum atomic E-state index is 12.9. The van der Waals surface area contributed by atoms with Crippen molar-refractivity contribution in [2.24, 2.45) is 0 Å². The van der Waals surface area contributed by atoms with E-state index in [0.717, 1.165) is 16.7 Å². The van der Waals surface area contributed by atoms with Gasteiger partial charge in [-0.3, -0.25) is 24.1 Å². The first-order valence-corrected chi connectivity index (χ1v) is 9.93. The predicted molar refractivity (Wildman–Crippen MR) is 102 cm³/mol. The zero-order chi connectivity index (χ0) is 19.4. The fraction of sp³-hybridized carbons (Fsp3) is 0.294. The van der Waals surface area contributed by atoms with Crippen LogP contribution in [0.15, 0.2) is 29.2 Å². The van der Waals surface area contributed by atoms with Crippen LogP contribution in [0.2, 0.25) is 0 Å². The first-order chi connectivity index (χ1) is 12.9. The number of carbonyl (C=O) groups is 4. The highest BCUT2D eigenvalue weighted by molar-refractivity contribution is 8.18. The van der Waals surface area contributed by atoms with Gasteiger partial charge in [0, 0.05) is 25.4 Å². The molecule has 0 aliphatic carbocycles. The lowest BCUT2D eigenvalue weighted by atomic mass is 10.2. The molecule has 10 heteroatoms. The van der Waals surface area contributed by atoms with Crippen LogP contribution in [0.25, 0.3) is 6.08 Å². The molecule has 3 rings (SSSR count). The highest BCUT2D eigenvalue weighted by Crippen LogP contribution is 2.31. The maximum absolute atomic E-state index is 12.9. The summed E-state index contributed by atoms with van der Waals surface area (Å²) >= 11 is 1.98. The minimum absolute atomic E-state index is 0.0296. The summed E-state index contributed by atoms with van der Waals surface area (Å²) in [6, 6.07) is 5.58. The molecule has 1 aromatic rings. The van der Waals surface area contributed by atoms with Crippen LogP contribution in [0, 0.1) is 5.82 Å². The van der Waals surface area contributed by atoms with Gasteiger partial charge in [0.25, 0.3) is 16.4 Å². The Kier molecular flexibility index (Phi) is 6.17. The Morgan fingerprint density at radius 1 is 1.19 bits per heavy atom. The maximum Gasteiger partial charge on any atom is 0.293 e. The van der Waals surface area contributed by atoms with E-state index in [-0.39, 0.29) is 41.5 Å². The Labute approximate surface area is 163 Å². The lowest BCUT2D eigenvalue weighted by Gasteiger charge is -2.16. The van der Waals surface area contributed by atoms with Crippen molar-refractivity contribution in [2.75, 3.05) is 31.9 Å². The third-order valence-corrected chi connectivity index (χ3v) is 5.68. The van der Waals surface area contributed by atoms with Gasteiger partial charge in [-0.05, 0) is 35.5 Å². The number of benzene rings is 1. The lowest BCUT2D eigenvalue weighted by Crippen LogP contribution is -2.41. The molecule has 27 heavy (non-hydrogen) atoms. The summed E-state index contributed by atoms with van der Waals surface area (Å²) in [6.45, 7) is 0.655. The number of imide groups is 1. The second kappa shape index (κ2) is 8.57. The second-order valence-electron chi connectivity index (χ2n) is 5.77. The molecule has 0 radical (unpaired) electrons. The number of halogens is 1. The number of hydrogen-bond acceptors (Lipinski definition) is 6. The van der Waals surface area contributed by atoms with E-state index in [1.54, 1.807) is 0 Å². The van der Waals surface area contributed by atoms with Gasteiger partial charge in [-0.25, -0.2) is 4.39 Å². The molecule has 0 unspecified atom stereocenters. The first-order valence-electron chi connectivity index (χ1n) is 8.13. The molecular weight excluding hydrogens is 393 g/mol. The van der Waals surface area contributed by atoms with E-state index in [1.165, 1.54) is 47.0 Å². The van der Waals surface area contributed by atoms with Gasteiger partial charge < -0.3 is 10.2 Å². The average Bonchev–Trinajstić information content (AvgIpc) is 3.14. The topological polar surface area (TPSA) is 86.8 Å². The second-order valence-corrected chi connectivity index (χ2v) is 7.81. The standard InChI is InChI=1S/C17H16FN3O4S2/c18-12-3-1-11(2-4-12)9-13-15(23)21(17(25)27-13)6-5-19-14(22)10-20-7-8-26-16(20)24/h1-4,9H,5-8,10H2,(H,19,22)/b13-9-. The van der Waals surface area contributed by atoms with Gasteiger partial charge in [0.1, 0.15) is 12.4 Å². The summed E-state index contributed by atoms with van der Waals surface area (Å²) in [7, 11) is 0. The minimum Gasteiger partial charge on any atom is -0.353 e. The van der Waals surface area contributed by atoms with E-state index in [0.29, 0.717) is 17.9 Å². The van der Waals surface area contributed by atoms with Gasteiger partial charge in [0.15, 0.2) is 0 Å². The van der Waals surface area contributed by atoms with Crippen LogP contribution in [0.5, 0.6) is 0 Å². The smallest absolute Gasteiger partial charge is 0.293 e. The number of amides is 4. The average molecular weight is 409 g/mol. The van der Waals surface area contributed by atoms with Gasteiger partial charge in [-0.1, -0.05) is 23.9 Å². The van der Waals surface area contributed by atoms with Crippen LogP contribution < -0.4 is 5.32 Å². The SMILES string of the molecule is O=C(CN1CCSC1=O)NCCN1C(=O)S/C(=C\c2ccc(F)cc2)C1=O. The molecule has 1 N–H and O–H groups in total. The molecule has 2 heterocycles. The van der Waals surface area contributed by atoms with E-state index in [9.17, 15) is 23.6 Å². The van der Waals surface area contributed by atoms with Crippen molar-refractivity contribution in [3.8, 4) is 0 Å². The van der Waals surface area contributed by atoms with Gasteiger partial charge >= 0.3 is 0 Å². The molecule has 2 fully saturated rings. The van der Waals surface area contributed by atoms with Crippen molar-refractivity contribution in [2.45, 2.75) is 0 Å². The third-order valence-electron chi connectivity index (χ3n) is 3.88. The van der Waals surface area contributed by atoms with Gasteiger partial charge in [-0.15, -0.1) is 0 Å². The molecule has 142 valence electrons. The van der Waals surface area contributed by atoms with Crippen molar-refractivity contribution in [1.29, 1.82) is 0 Å². The molecule has 1 aromatic carbocycles. The zero-order valence-electron chi connectivity index (χ0n) is 14.1. The van der Waals surface area contributed by atoms with Crippen LogP contribution in [0.4, 0.5) is 14.0 Å². The van der Waals surface area contributed by atoms with Crippen LogP contribution in [0.3, 0.4) is 0 Å². The third kappa shape index (κ3) is 4.89. The van der Waals surface area contributed by atoms with Crippen molar-refractivity contribution >= 4 is 51.9 Å². The van der Waals surface area contributed by atoms with Crippen LogP contribution in [-0.2, 0) is 9.59 Å². The highest BCUT2D eigenvalue weighted by atomic mass is 32.2. The van der Waals surface area contributed by atoms with Crippen LogP contribution in [-0.4, -0.2) is 64.0 Å². The van der Waals surface area contributed by atoms with E-state index >= 15 is 0 Å². The minimum atomic E-state index is -0.449. The highest BCUT2D eigenvalue weighted by Gasteiger charge is 2.34. The molecule has 0 spiro atoms. The fourth-order valence-corrected chi connectivity index (χ4v) is 4.20. The molecule has 2 saturated heterocycles. The van der Waals surface area contributed by atoms with E-state index in [2.05, 4.69) is 5.32 Å². The molecule has 4 amide bonds. The number of nitrogens with one attached hydrogen (secondary N) is 1. The number of hydrogen-bond donors (Lipinski definition) is 1. The predicted octanol–water partition coefficient (Wildman–Crippen LogP) is 2.15. The van der Waals surface area contributed by atoms with Crippen LogP contribution >= 0.6 is 23.5 Å². The van der Waals surface area contributed by atoms with Gasteiger partial charge in [0.05, 0.1) is 4.91 Å². The fourth-order valence-electron chi connectivity index (χ4n) is 2.51. The molecular formula is C17H16FN3O4S2. The zero-order valence-corrected chi connectivity index (χ0v) is 15.8. The van der Waals surface area contributed by atoms with Crippen LogP contribution in [0.1, 0.15) is 5.56 Å². The monoisotopic (exact) mass is 409 g/mol. The summed E-state index contributed by atoms with van der Waals surface area (Å²) in [5.74, 6) is -0.497. The Morgan fingerprint density at radius 2 is 1.93 bits per heavy atom. The lowest BCUT2D eigenvalue weighted by molar-refractivity contribution is -0.124.